The van der Waals surface area contributed by atoms with Gasteiger partial charge in [-0.1, -0.05) is 60.7 Å². The summed E-state index contributed by atoms with van der Waals surface area (Å²) in [6.07, 6.45) is 4.45. The highest BCUT2D eigenvalue weighted by molar-refractivity contribution is 7.86. The van der Waals surface area contributed by atoms with Gasteiger partial charge in [0.2, 0.25) is 0 Å². The topological polar surface area (TPSA) is 78.2 Å². The third-order valence-corrected chi connectivity index (χ3v) is 4.74. The lowest BCUT2D eigenvalue weighted by atomic mass is 9.72. The van der Waals surface area contributed by atoms with E-state index in [0.29, 0.717) is 11.1 Å². The summed E-state index contributed by atoms with van der Waals surface area (Å²) in [6.45, 7) is 5.68. The van der Waals surface area contributed by atoms with E-state index in [1.165, 1.54) is 6.08 Å². The Hall–Kier alpha value is -2.16. The van der Waals surface area contributed by atoms with Crippen molar-refractivity contribution in [2.75, 3.05) is 0 Å². The Labute approximate surface area is 124 Å². The SMILES string of the molecule is C=C(c1ccccc1)C1(C#N)C=C(C)C=CC1S(=O)(=O)O. The van der Waals surface area contributed by atoms with Crippen LogP contribution in [0.4, 0.5) is 0 Å². The van der Waals surface area contributed by atoms with Crippen molar-refractivity contribution in [2.45, 2.75) is 12.2 Å². The van der Waals surface area contributed by atoms with Gasteiger partial charge in [-0.05, 0) is 18.1 Å². The average Bonchev–Trinajstić information content (AvgIpc) is 2.45. The summed E-state index contributed by atoms with van der Waals surface area (Å²) in [6, 6.07) is 10.9. The molecule has 2 rings (SSSR count). The highest BCUT2D eigenvalue weighted by atomic mass is 32.2. The Bertz CT molecular complexity index is 769. The number of nitriles is 1. The molecule has 0 aromatic heterocycles. The first kappa shape index (κ1) is 15.2. The Morgan fingerprint density at radius 1 is 1.38 bits per heavy atom. The molecule has 21 heavy (non-hydrogen) atoms. The van der Waals surface area contributed by atoms with Crippen molar-refractivity contribution in [1.29, 1.82) is 5.26 Å². The van der Waals surface area contributed by atoms with E-state index < -0.39 is 20.8 Å². The standard InChI is InChI=1S/C16H15NO3S/c1-12-8-9-15(21(18,19)20)16(10-12,11-17)13(2)14-6-4-3-5-7-14/h3-10,15H,2H2,1H3,(H,18,19,20). The zero-order valence-corrected chi connectivity index (χ0v) is 12.3. The third kappa shape index (κ3) is 2.68. The van der Waals surface area contributed by atoms with Crippen LogP contribution < -0.4 is 0 Å². The van der Waals surface area contributed by atoms with E-state index in [4.69, 9.17) is 0 Å². The van der Waals surface area contributed by atoms with Gasteiger partial charge in [-0.3, -0.25) is 4.55 Å². The number of rotatable bonds is 3. The predicted octanol–water partition coefficient (Wildman–Crippen LogP) is 2.98. The zero-order valence-electron chi connectivity index (χ0n) is 11.5. The quantitative estimate of drug-likeness (QED) is 0.871. The fourth-order valence-corrected chi connectivity index (χ4v) is 3.52. The van der Waals surface area contributed by atoms with Crippen LogP contribution in [-0.2, 0) is 10.1 Å². The van der Waals surface area contributed by atoms with Crippen molar-refractivity contribution < 1.29 is 13.0 Å². The first-order valence-electron chi connectivity index (χ1n) is 6.31. The minimum Gasteiger partial charge on any atom is -0.285 e. The molecule has 0 fully saturated rings. The van der Waals surface area contributed by atoms with E-state index in [0.717, 1.165) is 5.57 Å². The molecule has 0 bridgehead atoms. The molecule has 1 aromatic carbocycles. The van der Waals surface area contributed by atoms with Gasteiger partial charge < -0.3 is 0 Å². The van der Waals surface area contributed by atoms with Crippen molar-refractivity contribution >= 4 is 15.7 Å². The number of hydrogen-bond donors (Lipinski definition) is 1. The molecule has 108 valence electrons. The van der Waals surface area contributed by atoms with Gasteiger partial charge in [0, 0.05) is 0 Å². The van der Waals surface area contributed by atoms with Crippen LogP contribution in [0.1, 0.15) is 12.5 Å². The van der Waals surface area contributed by atoms with Gasteiger partial charge in [0.05, 0.1) is 6.07 Å². The number of benzene rings is 1. The molecule has 2 atom stereocenters. The summed E-state index contributed by atoms with van der Waals surface area (Å²) in [7, 11) is -4.44. The van der Waals surface area contributed by atoms with Crippen molar-refractivity contribution in [1.82, 2.24) is 0 Å². The molecule has 5 heteroatoms. The Kier molecular flexibility index (Phi) is 3.86. The maximum Gasteiger partial charge on any atom is 0.273 e. The van der Waals surface area contributed by atoms with Crippen molar-refractivity contribution in [3.8, 4) is 6.07 Å². The summed E-state index contributed by atoms with van der Waals surface area (Å²) in [5.41, 5.74) is 0.228. The molecule has 0 radical (unpaired) electrons. The summed E-state index contributed by atoms with van der Waals surface area (Å²) >= 11 is 0. The molecule has 0 heterocycles. The first-order chi connectivity index (χ1) is 9.81. The van der Waals surface area contributed by atoms with Crippen LogP contribution in [0.3, 0.4) is 0 Å². The molecule has 0 spiro atoms. The van der Waals surface area contributed by atoms with Gasteiger partial charge in [0.15, 0.2) is 0 Å². The Balaban J connectivity index is 2.65. The summed E-state index contributed by atoms with van der Waals surface area (Å²) in [4.78, 5) is 0. The van der Waals surface area contributed by atoms with Gasteiger partial charge >= 0.3 is 0 Å². The molecule has 1 aliphatic carbocycles. The van der Waals surface area contributed by atoms with Crippen molar-refractivity contribution in [3.63, 3.8) is 0 Å². The second-order valence-electron chi connectivity index (χ2n) is 5.01. The van der Waals surface area contributed by atoms with Gasteiger partial charge in [0.1, 0.15) is 10.7 Å². The molecule has 1 aliphatic rings. The summed E-state index contributed by atoms with van der Waals surface area (Å²) < 4.78 is 32.9. The van der Waals surface area contributed by atoms with E-state index in [1.54, 1.807) is 43.3 Å². The van der Waals surface area contributed by atoms with Crippen LogP contribution in [-0.4, -0.2) is 18.2 Å². The van der Waals surface area contributed by atoms with Crippen LogP contribution in [0.5, 0.6) is 0 Å². The molecular weight excluding hydrogens is 286 g/mol. The van der Waals surface area contributed by atoms with E-state index in [9.17, 15) is 18.2 Å². The van der Waals surface area contributed by atoms with Crippen LogP contribution >= 0.6 is 0 Å². The lowest BCUT2D eigenvalue weighted by Gasteiger charge is -2.33. The molecule has 0 amide bonds. The Morgan fingerprint density at radius 2 is 2.00 bits per heavy atom. The number of allylic oxidation sites excluding steroid dienone is 4. The predicted molar refractivity (Wildman–Crippen MR) is 81.8 cm³/mol. The maximum atomic E-state index is 11.7. The lowest BCUT2D eigenvalue weighted by molar-refractivity contribution is 0.457. The van der Waals surface area contributed by atoms with Crippen molar-refractivity contribution in [2.24, 2.45) is 5.41 Å². The highest BCUT2D eigenvalue weighted by Gasteiger charge is 2.47. The van der Waals surface area contributed by atoms with Crippen molar-refractivity contribution in [3.05, 3.63) is 66.3 Å². The first-order valence-corrected chi connectivity index (χ1v) is 7.81. The number of hydrogen-bond acceptors (Lipinski definition) is 3. The molecule has 1 aromatic rings. The molecular formula is C16H15NO3S. The molecule has 2 unspecified atom stereocenters. The molecule has 4 nitrogen and oxygen atoms in total. The van der Waals surface area contributed by atoms with Crippen LogP contribution in [0.15, 0.2) is 60.7 Å². The third-order valence-electron chi connectivity index (χ3n) is 3.57. The average molecular weight is 301 g/mol. The maximum absolute atomic E-state index is 11.7. The molecule has 1 N–H and O–H groups in total. The second kappa shape index (κ2) is 5.32. The minimum atomic E-state index is -4.44. The second-order valence-corrected chi connectivity index (χ2v) is 6.55. The highest BCUT2D eigenvalue weighted by Crippen LogP contribution is 2.44. The normalized spacial score (nSPS) is 25.0. The van der Waals surface area contributed by atoms with Crippen LogP contribution in [0.25, 0.3) is 5.57 Å². The molecule has 0 saturated heterocycles. The fraction of sp³-hybridized carbons (Fsp3) is 0.188. The van der Waals surface area contributed by atoms with E-state index in [1.807, 2.05) is 12.1 Å². The van der Waals surface area contributed by atoms with Crippen LogP contribution in [0, 0.1) is 16.7 Å². The van der Waals surface area contributed by atoms with E-state index in [2.05, 4.69) is 6.58 Å². The van der Waals surface area contributed by atoms with Gasteiger partial charge in [-0.15, -0.1) is 0 Å². The summed E-state index contributed by atoms with van der Waals surface area (Å²) in [5.74, 6) is 0. The summed E-state index contributed by atoms with van der Waals surface area (Å²) in [5, 5.41) is 8.29. The van der Waals surface area contributed by atoms with E-state index in [-0.39, 0.29) is 0 Å². The fourth-order valence-electron chi connectivity index (χ4n) is 2.51. The molecule has 0 aliphatic heterocycles. The van der Waals surface area contributed by atoms with Crippen LogP contribution in [0.2, 0.25) is 0 Å². The minimum absolute atomic E-state index is 0.344. The monoisotopic (exact) mass is 301 g/mol. The Morgan fingerprint density at radius 3 is 2.52 bits per heavy atom. The molecule has 0 saturated carbocycles. The largest absolute Gasteiger partial charge is 0.285 e. The smallest absolute Gasteiger partial charge is 0.273 e. The van der Waals surface area contributed by atoms with Gasteiger partial charge in [0.25, 0.3) is 10.1 Å². The number of nitrogens with zero attached hydrogens (tertiary/aromatic N) is 1. The van der Waals surface area contributed by atoms with Gasteiger partial charge in [-0.2, -0.15) is 13.7 Å². The zero-order chi connectivity index (χ0) is 15.7. The lowest BCUT2D eigenvalue weighted by Crippen LogP contribution is -2.39. The van der Waals surface area contributed by atoms with E-state index >= 15 is 0 Å². The van der Waals surface area contributed by atoms with Gasteiger partial charge in [-0.25, -0.2) is 0 Å².